The van der Waals surface area contributed by atoms with E-state index in [1.807, 2.05) is 12.1 Å². The number of aromatic nitrogens is 1. The van der Waals surface area contributed by atoms with Crippen LogP contribution in [0.15, 0.2) is 24.4 Å². The van der Waals surface area contributed by atoms with Gasteiger partial charge in [-0.25, -0.2) is 0 Å². The number of carbonyl (C=O) groups is 1. The van der Waals surface area contributed by atoms with Crippen LogP contribution in [0.5, 0.6) is 0 Å². The van der Waals surface area contributed by atoms with Gasteiger partial charge in [0.05, 0.1) is 11.6 Å². The van der Waals surface area contributed by atoms with Gasteiger partial charge in [0.1, 0.15) is 0 Å². The molecule has 0 bridgehead atoms. The minimum Gasteiger partial charge on any atom is -0.360 e. The van der Waals surface area contributed by atoms with E-state index in [1.54, 1.807) is 12.3 Å². The maximum Gasteiger partial charge on any atom is 0.168 e. The molecule has 1 aromatic carbocycles. The van der Waals surface area contributed by atoms with Crippen molar-refractivity contribution in [3.8, 4) is 6.07 Å². The molecule has 1 aromatic heterocycles. The monoisotopic (exact) mass is 280 g/mol. The molecule has 21 heavy (non-hydrogen) atoms. The van der Waals surface area contributed by atoms with Gasteiger partial charge < -0.3 is 4.98 Å². The van der Waals surface area contributed by atoms with Crippen molar-refractivity contribution in [2.24, 2.45) is 5.92 Å². The number of nitrogens with one attached hydrogen (secondary N) is 1. The van der Waals surface area contributed by atoms with Crippen LogP contribution in [0.2, 0.25) is 0 Å². The maximum atomic E-state index is 12.9. The quantitative estimate of drug-likeness (QED) is 0.818. The normalized spacial score (nSPS) is 17.1. The predicted molar refractivity (Wildman–Crippen MR) is 83.2 cm³/mol. The van der Waals surface area contributed by atoms with Gasteiger partial charge in [-0.1, -0.05) is 38.2 Å². The molecule has 1 aliphatic rings. The van der Waals surface area contributed by atoms with Gasteiger partial charge in [0.25, 0.3) is 0 Å². The molecule has 1 N–H and O–H groups in total. The number of hydrogen-bond acceptors (Lipinski definition) is 2. The summed E-state index contributed by atoms with van der Waals surface area (Å²) in [5.74, 6) is 0.335. The number of Topliss-reactive ketones (excluding diaryl/α,β-unsaturated/α-hetero) is 1. The molecule has 1 aliphatic carbocycles. The first-order valence-corrected chi connectivity index (χ1v) is 7.85. The van der Waals surface area contributed by atoms with Crippen LogP contribution in [0.1, 0.15) is 60.9 Å². The van der Waals surface area contributed by atoms with E-state index in [-0.39, 0.29) is 11.7 Å². The Morgan fingerprint density at radius 2 is 1.86 bits per heavy atom. The minimum atomic E-state index is 0.121. The molecular weight excluding hydrogens is 260 g/mol. The van der Waals surface area contributed by atoms with E-state index in [1.165, 1.54) is 19.3 Å². The molecule has 2 aromatic rings. The number of hydrogen-bond donors (Lipinski definition) is 1. The third kappa shape index (κ3) is 2.71. The molecular formula is C18H20N2O. The van der Waals surface area contributed by atoms with Crippen molar-refractivity contribution in [1.29, 1.82) is 5.26 Å². The van der Waals surface area contributed by atoms with Crippen LogP contribution in [-0.2, 0) is 0 Å². The van der Waals surface area contributed by atoms with E-state index in [2.05, 4.69) is 11.1 Å². The zero-order valence-corrected chi connectivity index (χ0v) is 12.2. The first kappa shape index (κ1) is 13.9. The highest BCUT2D eigenvalue weighted by Crippen LogP contribution is 2.29. The molecule has 0 aliphatic heterocycles. The Hall–Kier alpha value is -2.08. The fraction of sp³-hybridized carbons (Fsp3) is 0.444. The third-order valence-electron chi connectivity index (χ3n) is 4.57. The molecule has 0 atom stereocenters. The van der Waals surface area contributed by atoms with Crippen molar-refractivity contribution in [1.82, 2.24) is 4.98 Å². The van der Waals surface area contributed by atoms with Crippen LogP contribution in [0.25, 0.3) is 10.9 Å². The fourth-order valence-electron chi connectivity index (χ4n) is 3.41. The largest absolute Gasteiger partial charge is 0.360 e. The lowest BCUT2D eigenvalue weighted by molar-refractivity contribution is 0.0900. The lowest BCUT2D eigenvalue weighted by Gasteiger charge is -2.18. The summed E-state index contributed by atoms with van der Waals surface area (Å²) in [6.45, 7) is 0. The van der Waals surface area contributed by atoms with Gasteiger partial charge in [-0.3, -0.25) is 4.79 Å². The first-order chi connectivity index (χ1) is 10.3. The van der Waals surface area contributed by atoms with Gasteiger partial charge in [-0.05, 0) is 25.0 Å². The topological polar surface area (TPSA) is 56.6 Å². The van der Waals surface area contributed by atoms with Gasteiger partial charge in [0, 0.05) is 28.6 Å². The number of benzene rings is 1. The lowest BCUT2D eigenvalue weighted by atomic mass is 9.85. The third-order valence-corrected chi connectivity index (χ3v) is 4.57. The molecule has 3 rings (SSSR count). The predicted octanol–water partition coefficient (Wildman–Crippen LogP) is 4.58. The summed E-state index contributed by atoms with van der Waals surface area (Å²) in [5.41, 5.74) is 2.17. The SMILES string of the molecule is N#Cc1cccc2[nH]cc(C(=O)C3CCCCCCC3)c12. The second kappa shape index (κ2) is 6.13. The minimum absolute atomic E-state index is 0.121. The van der Waals surface area contributed by atoms with Gasteiger partial charge >= 0.3 is 0 Å². The zero-order chi connectivity index (χ0) is 14.7. The fourth-order valence-corrected chi connectivity index (χ4v) is 3.41. The maximum absolute atomic E-state index is 12.9. The number of ketones is 1. The molecule has 1 fully saturated rings. The highest BCUT2D eigenvalue weighted by Gasteiger charge is 2.24. The molecule has 0 unspecified atom stereocenters. The number of fused-ring (bicyclic) bond motifs is 1. The average Bonchev–Trinajstić information content (AvgIpc) is 2.90. The van der Waals surface area contributed by atoms with Gasteiger partial charge in [0.2, 0.25) is 0 Å². The van der Waals surface area contributed by atoms with Crippen molar-refractivity contribution in [3.63, 3.8) is 0 Å². The number of nitrogens with zero attached hydrogens (tertiary/aromatic N) is 1. The molecule has 0 saturated heterocycles. The van der Waals surface area contributed by atoms with E-state index >= 15 is 0 Å². The summed E-state index contributed by atoms with van der Waals surface area (Å²) in [6.07, 6.45) is 9.82. The Balaban J connectivity index is 1.96. The second-order valence-corrected chi connectivity index (χ2v) is 5.95. The Morgan fingerprint density at radius 1 is 1.14 bits per heavy atom. The Morgan fingerprint density at radius 3 is 2.57 bits per heavy atom. The van der Waals surface area contributed by atoms with E-state index < -0.39 is 0 Å². The number of nitriles is 1. The van der Waals surface area contributed by atoms with Crippen LogP contribution in [0.3, 0.4) is 0 Å². The van der Waals surface area contributed by atoms with E-state index in [0.717, 1.165) is 36.6 Å². The average molecular weight is 280 g/mol. The first-order valence-electron chi connectivity index (χ1n) is 7.85. The Bertz CT molecular complexity index is 685. The number of carbonyl (C=O) groups excluding carboxylic acids is 1. The van der Waals surface area contributed by atoms with Crippen LogP contribution in [0.4, 0.5) is 0 Å². The highest BCUT2D eigenvalue weighted by molar-refractivity contribution is 6.10. The van der Waals surface area contributed by atoms with Crippen LogP contribution >= 0.6 is 0 Å². The smallest absolute Gasteiger partial charge is 0.168 e. The van der Waals surface area contributed by atoms with Crippen molar-refractivity contribution < 1.29 is 4.79 Å². The van der Waals surface area contributed by atoms with Crippen molar-refractivity contribution >= 4 is 16.7 Å². The molecule has 108 valence electrons. The summed E-state index contributed by atoms with van der Waals surface area (Å²) >= 11 is 0. The molecule has 0 radical (unpaired) electrons. The second-order valence-electron chi connectivity index (χ2n) is 5.95. The molecule has 3 heteroatoms. The van der Waals surface area contributed by atoms with Gasteiger partial charge in [0.15, 0.2) is 5.78 Å². The van der Waals surface area contributed by atoms with E-state index in [9.17, 15) is 10.1 Å². The number of rotatable bonds is 2. The van der Waals surface area contributed by atoms with Gasteiger partial charge in [-0.15, -0.1) is 0 Å². The molecule has 1 saturated carbocycles. The zero-order valence-electron chi connectivity index (χ0n) is 12.2. The Labute approximate surface area is 125 Å². The summed E-state index contributed by atoms with van der Waals surface area (Å²) in [7, 11) is 0. The van der Waals surface area contributed by atoms with E-state index in [4.69, 9.17) is 0 Å². The summed E-state index contributed by atoms with van der Waals surface area (Å²) in [5, 5.41) is 10.1. The lowest BCUT2D eigenvalue weighted by Crippen LogP contribution is -2.16. The van der Waals surface area contributed by atoms with Crippen molar-refractivity contribution in [2.75, 3.05) is 0 Å². The molecule has 0 spiro atoms. The highest BCUT2D eigenvalue weighted by atomic mass is 16.1. The van der Waals surface area contributed by atoms with E-state index in [0.29, 0.717) is 11.1 Å². The number of aromatic amines is 1. The summed E-state index contributed by atoms with van der Waals surface area (Å²) < 4.78 is 0. The molecule has 0 amide bonds. The van der Waals surface area contributed by atoms with Crippen LogP contribution < -0.4 is 0 Å². The summed E-state index contributed by atoms with van der Waals surface area (Å²) in [4.78, 5) is 16.0. The molecule has 3 nitrogen and oxygen atoms in total. The summed E-state index contributed by atoms with van der Waals surface area (Å²) in [6, 6.07) is 7.76. The van der Waals surface area contributed by atoms with Crippen molar-refractivity contribution in [2.45, 2.75) is 44.9 Å². The number of H-pyrrole nitrogens is 1. The Kier molecular flexibility index (Phi) is 4.06. The van der Waals surface area contributed by atoms with Crippen LogP contribution in [0, 0.1) is 17.2 Å². The molecule has 1 heterocycles. The standard InChI is InChI=1S/C18H20N2O/c19-11-14-9-6-10-16-17(14)15(12-20-16)18(21)13-7-4-2-1-3-5-8-13/h6,9-10,12-13,20H,1-5,7-8H2. The van der Waals surface area contributed by atoms with Crippen molar-refractivity contribution in [3.05, 3.63) is 35.5 Å². The van der Waals surface area contributed by atoms with Gasteiger partial charge in [-0.2, -0.15) is 5.26 Å². The van der Waals surface area contributed by atoms with Crippen LogP contribution in [-0.4, -0.2) is 10.8 Å².